The van der Waals surface area contributed by atoms with Crippen molar-refractivity contribution in [2.75, 3.05) is 13.6 Å². The van der Waals surface area contributed by atoms with Crippen LogP contribution >= 0.6 is 0 Å². The standard InChI is InChI=1S/C13H22N2O2S/c1-11(2)15-10-4-5-12-6-8-13(9-7-12)18(16,17)14-3/h6-9,11,14-15H,4-5,10H2,1-3H3. The Morgan fingerprint density at radius 3 is 2.28 bits per heavy atom. The molecular formula is C13H22N2O2S. The predicted octanol–water partition coefficient (Wildman–Crippen LogP) is 1.53. The zero-order chi connectivity index (χ0) is 13.6. The first-order valence-electron chi connectivity index (χ1n) is 6.21. The number of rotatable bonds is 7. The van der Waals surface area contributed by atoms with Crippen molar-refractivity contribution < 1.29 is 8.42 Å². The lowest BCUT2D eigenvalue weighted by Crippen LogP contribution is -2.23. The van der Waals surface area contributed by atoms with E-state index in [0.717, 1.165) is 24.9 Å². The highest BCUT2D eigenvalue weighted by Crippen LogP contribution is 2.11. The molecule has 1 rings (SSSR count). The molecule has 0 amide bonds. The summed E-state index contributed by atoms with van der Waals surface area (Å²) in [7, 11) is -1.90. The maximum absolute atomic E-state index is 11.5. The molecule has 0 heterocycles. The zero-order valence-corrected chi connectivity index (χ0v) is 12.0. The highest BCUT2D eigenvalue weighted by molar-refractivity contribution is 7.89. The molecule has 0 aromatic heterocycles. The smallest absolute Gasteiger partial charge is 0.240 e. The number of sulfonamides is 1. The molecule has 0 aliphatic heterocycles. The van der Waals surface area contributed by atoms with E-state index in [2.05, 4.69) is 23.9 Å². The van der Waals surface area contributed by atoms with E-state index in [1.165, 1.54) is 7.05 Å². The molecule has 1 aromatic carbocycles. The van der Waals surface area contributed by atoms with E-state index in [1.54, 1.807) is 12.1 Å². The fourth-order valence-corrected chi connectivity index (χ4v) is 2.37. The van der Waals surface area contributed by atoms with E-state index < -0.39 is 10.0 Å². The Bertz CT molecular complexity index is 452. The summed E-state index contributed by atoms with van der Waals surface area (Å²) in [6, 6.07) is 7.56. The molecule has 0 fully saturated rings. The quantitative estimate of drug-likeness (QED) is 0.739. The molecular weight excluding hydrogens is 248 g/mol. The SMILES string of the molecule is CNS(=O)(=O)c1ccc(CCCNC(C)C)cc1. The molecule has 18 heavy (non-hydrogen) atoms. The van der Waals surface area contributed by atoms with Crippen molar-refractivity contribution in [1.29, 1.82) is 0 Å². The first-order chi connectivity index (χ1) is 8.45. The minimum Gasteiger partial charge on any atom is -0.315 e. The van der Waals surface area contributed by atoms with E-state index in [-0.39, 0.29) is 0 Å². The van der Waals surface area contributed by atoms with Gasteiger partial charge in [-0.1, -0.05) is 26.0 Å². The fourth-order valence-electron chi connectivity index (χ4n) is 1.64. The van der Waals surface area contributed by atoms with Gasteiger partial charge >= 0.3 is 0 Å². The monoisotopic (exact) mass is 270 g/mol. The zero-order valence-electron chi connectivity index (χ0n) is 11.2. The molecule has 0 radical (unpaired) electrons. The topological polar surface area (TPSA) is 58.2 Å². The van der Waals surface area contributed by atoms with Crippen LogP contribution in [0.4, 0.5) is 0 Å². The fraction of sp³-hybridized carbons (Fsp3) is 0.538. The van der Waals surface area contributed by atoms with Crippen molar-refractivity contribution in [2.24, 2.45) is 0 Å². The van der Waals surface area contributed by atoms with Crippen LogP contribution in [0.15, 0.2) is 29.2 Å². The van der Waals surface area contributed by atoms with Gasteiger partial charge in [0.2, 0.25) is 10.0 Å². The van der Waals surface area contributed by atoms with Gasteiger partial charge in [-0.3, -0.25) is 0 Å². The van der Waals surface area contributed by atoms with Crippen LogP contribution in [0.1, 0.15) is 25.8 Å². The summed E-state index contributed by atoms with van der Waals surface area (Å²) in [6.45, 7) is 5.23. The van der Waals surface area contributed by atoms with E-state index in [0.29, 0.717) is 10.9 Å². The van der Waals surface area contributed by atoms with Crippen LogP contribution in [0.2, 0.25) is 0 Å². The summed E-state index contributed by atoms with van der Waals surface area (Å²) in [5, 5.41) is 3.35. The number of nitrogens with one attached hydrogen (secondary N) is 2. The summed E-state index contributed by atoms with van der Waals surface area (Å²) in [5.41, 5.74) is 1.16. The highest BCUT2D eigenvalue weighted by atomic mass is 32.2. The van der Waals surface area contributed by atoms with Gasteiger partial charge in [-0.25, -0.2) is 13.1 Å². The van der Waals surface area contributed by atoms with Gasteiger partial charge in [-0.05, 0) is 44.1 Å². The van der Waals surface area contributed by atoms with Gasteiger partial charge in [0, 0.05) is 6.04 Å². The molecule has 0 aliphatic carbocycles. The van der Waals surface area contributed by atoms with Crippen LogP contribution in [0.25, 0.3) is 0 Å². The minimum absolute atomic E-state index is 0.314. The Labute approximate surface area is 110 Å². The predicted molar refractivity (Wildman–Crippen MR) is 74.1 cm³/mol. The summed E-state index contributed by atoms with van der Waals surface area (Å²) in [5.74, 6) is 0. The van der Waals surface area contributed by atoms with Crippen molar-refractivity contribution in [3.8, 4) is 0 Å². The van der Waals surface area contributed by atoms with Crippen LogP contribution in [0.3, 0.4) is 0 Å². The average molecular weight is 270 g/mol. The molecule has 2 N–H and O–H groups in total. The number of aryl methyl sites for hydroxylation is 1. The molecule has 0 spiro atoms. The second kappa shape index (κ2) is 6.87. The Hall–Kier alpha value is -0.910. The number of hydrogen-bond donors (Lipinski definition) is 2. The van der Waals surface area contributed by atoms with E-state index in [9.17, 15) is 8.42 Å². The van der Waals surface area contributed by atoms with Crippen molar-refractivity contribution in [2.45, 2.75) is 37.6 Å². The number of hydrogen-bond acceptors (Lipinski definition) is 3. The molecule has 1 aromatic rings. The second-order valence-corrected chi connectivity index (χ2v) is 6.45. The number of benzene rings is 1. The molecule has 4 nitrogen and oxygen atoms in total. The lowest BCUT2D eigenvalue weighted by molar-refractivity contribution is 0.570. The Morgan fingerprint density at radius 2 is 1.78 bits per heavy atom. The normalized spacial score (nSPS) is 12.0. The maximum Gasteiger partial charge on any atom is 0.240 e. The average Bonchev–Trinajstić information content (AvgIpc) is 2.35. The molecule has 0 aliphatic rings. The van der Waals surface area contributed by atoms with Gasteiger partial charge in [0.1, 0.15) is 0 Å². The lowest BCUT2D eigenvalue weighted by Gasteiger charge is -2.08. The Kier molecular flexibility index (Phi) is 5.78. The van der Waals surface area contributed by atoms with E-state index in [1.807, 2.05) is 12.1 Å². The van der Waals surface area contributed by atoms with Crippen molar-refractivity contribution in [3.05, 3.63) is 29.8 Å². The van der Waals surface area contributed by atoms with Gasteiger partial charge in [0.25, 0.3) is 0 Å². The minimum atomic E-state index is -3.31. The molecule has 5 heteroatoms. The largest absolute Gasteiger partial charge is 0.315 e. The van der Waals surface area contributed by atoms with Gasteiger partial charge in [-0.15, -0.1) is 0 Å². The maximum atomic E-state index is 11.5. The molecule has 102 valence electrons. The molecule has 0 unspecified atom stereocenters. The van der Waals surface area contributed by atoms with Crippen LogP contribution in [0.5, 0.6) is 0 Å². The Morgan fingerprint density at radius 1 is 1.17 bits per heavy atom. The van der Waals surface area contributed by atoms with Crippen molar-refractivity contribution in [3.63, 3.8) is 0 Å². The molecule has 0 atom stereocenters. The van der Waals surface area contributed by atoms with Gasteiger partial charge in [0.05, 0.1) is 4.90 Å². The van der Waals surface area contributed by atoms with Crippen LogP contribution in [0, 0.1) is 0 Å². The van der Waals surface area contributed by atoms with Gasteiger partial charge in [0.15, 0.2) is 0 Å². The summed E-state index contributed by atoms with van der Waals surface area (Å²) in [6.07, 6.45) is 2.01. The van der Waals surface area contributed by atoms with Crippen molar-refractivity contribution in [1.82, 2.24) is 10.0 Å². The van der Waals surface area contributed by atoms with Gasteiger partial charge < -0.3 is 5.32 Å². The first-order valence-corrected chi connectivity index (χ1v) is 7.70. The lowest BCUT2D eigenvalue weighted by atomic mass is 10.1. The van der Waals surface area contributed by atoms with Crippen LogP contribution in [-0.4, -0.2) is 28.1 Å². The third-order valence-corrected chi connectivity index (χ3v) is 4.13. The van der Waals surface area contributed by atoms with Crippen molar-refractivity contribution >= 4 is 10.0 Å². The highest BCUT2D eigenvalue weighted by Gasteiger charge is 2.09. The first kappa shape index (κ1) is 15.1. The summed E-state index contributed by atoms with van der Waals surface area (Å²) in [4.78, 5) is 0.314. The molecule has 0 saturated heterocycles. The van der Waals surface area contributed by atoms with Crippen LogP contribution in [-0.2, 0) is 16.4 Å². The third-order valence-electron chi connectivity index (χ3n) is 2.70. The summed E-state index contributed by atoms with van der Waals surface area (Å²) < 4.78 is 25.4. The van der Waals surface area contributed by atoms with Gasteiger partial charge in [-0.2, -0.15) is 0 Å². The van der Waals surface area contributed by atoms with Crippen LogP contribution < -0.4 is 10.0 Å². The van der Waals surface area contributed by atoms with E-state index in [4.69, 9.17) is 0 Å². The molecule has 0 saturated carbocycles. The third kappa shape index (κ3) is 4.76. The Balaban J connectivity index is 2.51. The second-order valence-electron chi connectivity index (χ2n) is 4.56. The van der Waals surface area contributed by atoms with E-state index >= 15 is 0 Å². The summed E-state index contributed by atoms with van der Waals surface area (Å²) >= 11 is 0. The molecule has 0 bridgehead atoms.